The first-order chi connectivity index (χ1) is 17.1. The summed E-state index contributed by atoms with van der Waals surface area (Å²) in [5.74, 6) is 0. The van der Waals surface area contributed by atoms with Gasteiger partial charge in [0.15, 0.2) is 0 Å². The Kier molecular flexibility index (Phi) is 7.99. The number of rotatable bonds is 8. The zero-order chi connectivity index (χ0) is 29.1. The molecule has 38 heavy (non-hydrogen) atoms. The van der Waals surface area contributed by atoms with Gasteiger partial charge in [-0.05, 0) is 98.8 Å². The number of benzene rings is 3. The Labute approximate surface area is 228 Å². The minimum Gasteiger partial charge on any atom is -0.423 e. The SMILES string of the molecule is CC(C)(C)c1ccc2c(B(O)O)c3ccccc3c(B(OC(C)(C)C(C)(C)O)OC(C)(C)C(C)(C)O)c2c1. The number of hydrogen-bond acceptors (Lipinski definition) is 6. The van der Waals surface area contributed by atoms with E-state index in [0.717, 1.165) is 16.3 Å². The molecule has 0 atom stereocenters. The molecule has 0 spiro atoms. The topological polar surface area (TPSA) is 99.4 Å². The first-order valence-electron chi connectivity index (χ1n) is 13.2. The largest absolute Gasteiger partial charge is 0.496 e. The predicted octanol–water partition coefficient (Wildman–Crippen LogP) is 3.80. The van der Waals surface area contributed by atoms with Crippen LogP contribution in [-0.2, 0) is 14.7 Å². The maximum absolute atomic E-state index is 11.0. The van der Waals surface area contributed by atoms with Crippen molar-refractivity contribution in [3.8, 4) is 0 Å². The van der Waals surface area contributed by atoms with Crippen LogP contribution in [0.25, 0.3) is 21.5 Å². The number of aliphatic hydroxyl groups is 2. The van der Waals surface area contributed by atoms with E-state index in [9.17, 15) is 20.3 Å². The second kappa shape index (κ2) is 9.92. The summed E-state index contributed by atoms with van der Waals surface area (Å²) in [5.41, 5.74) is -2.58. The van der Waals surface area contributed by atoms with E-state index >= 15 is 0 Å². The molecule has 8 heteroatoms. The highest BCUT2D eigenvalue weighted by Crippen LogP contribution is 2.33. The lowest BCUT2D eigenvalue weighted by molar-refractivity contribution is -0.131. The third-order valence-corrected chi connectivity index (χ3v) is 8.22. The third-order valence-electron chi connectivity index (χ3n) is 8.22. The molecule has 0 saturated heterocycles. The van der Waals surface area contributed by atoms with Gasteiger partial charge in [0.1, 0.15) is 0 Å². The summed E-state index contributed by atoms with van der Waals surface area (Å²) in [6, 6.07) is 13.5. The second-order valence-electron chi connectivity index (χ2n) is 13.5. The van der Waals surface area contributed by atoms with E-state index in [1.54, 1.807) is 55.4 Å². The Morgan fingerprint density at radius 3 is 1.39 bits per heavy atom. The van der Waals surface area contributed by atoms with Gasteiger partial charge in [0.25, 0.3) is 0 Å². The Morgan fingerprint density at radius 2 is 1.00 bits per heavy atom. The molecule has 0 amide bonds. The molecule has 0 aliphatic rings. The molecule has 3 rings (SSSR count). The van der Waals surface area contributed by atoms with Crippen LogP contribution in [0.4, 0.5) is 0 Å². The van der Waals surface area contributed by atoms with Gasteiger partial charge < -0.3 is 29.6 Å². The Hall–Kier alpha value is -1.93. The van der Waals surface area contributed by atoms with Crippen molar-refractivity contribution < 1.29 is 29.6 Å². The molecule has 3 aromatic rings. The molecule has 0 aliphatic heterocycles. The second-order valence-corrected chi connectivity index (χ2v) is 13.5. The highest BCUT2D eigenvalue weighted by Gasteiger charge is 2.47. The normalized spacial score (nSPS) is 13.9. The zero-order valence-electron chi connectivity index (χ0n) is 24.8. The van der Waals surface area contributed by atoms with Crippen LogP contribution in [-0.4, -0.2) is 56.9 Å². The Balaban J connectivity index is 2.52. The summed E-state index contributed by atoms with van der Waals surface area (Å²) in [7, 11) is -2.72. The van der Waals surface area contributed by atoms with Crippen LogP contribution in [0.3, 0.4) is 0 Å². The molecule has 0 unspecified atom stereocenters. The first-order valence-corrected chi connectivity index (χ1v) is 13.2. The van der Waals surface area contributed by atoms with Gasteiger partial charge in [-0.15, -0.1) is 0 Å². The first kappa shape index (κ1) is 30.6. The lowest BCUT2D eigenvalue weighted by atomic mass is 9.65. The van der Waals surface area contributed by atoms with E-state index in [1.165, 1.54) is 0 Å². The van der Waals surface area contributed by atoms with Gasteiger partial charge in [-0.25, -0.2) is 0 Å². The van der Waals surface area contributed by atoms with Gasteiger partial charge >= 0.3 is 14.2 Å². The van der Waals surface area contributed by atoms with Crippen molar-refractivity contribution in [2.45, 2.75) is 104 Å². The highest BCUT2D eigenvalue weighted by molar-refractivity contribution is 6.72. The summed E-state index contributed by atoms with van der Waals surface area (Å²) in [6.07, 6.45) is 0. The van der Waals surface area contributed by atoms with Crippen LogP contribution < -0.4 is 10.9 Å². The fraction of sp³-hybridized carbons (Fsp3) is 0.533. The van der Waals surface area contributed by atoms with Crippen molar-refractivity contribution in [1.29, 1.82) is 0 Å². The summed E-state index contributed by atoms with van der Waals surface area (Å²) in [6.45, 7) is 20.3. The summed E-state index contributed by atoms with van der Waals surface area (Å²) >= 11 is 0. The van der Waals surface area contributed by atoms with Crippen molar-refractivity contribution >= 4 is 46.7 Å². The molecule has 4 N–H and O–H groups in total. The summed E-state index contributed by atoms with van der Waals surface area (Å²) < 4.78 is 13.3. The number of fused-ring (bicyclic) bond motifs is 2. The number of hydrogen-bond donors (Lipinski definition) is 4. The standard InChI is InChI=1S/C30H44B2O6/c1-26(2,3)19-16-17-22-23(18-19)25(21-15-13-12-14-20(21)24(22)31(35)36)32(37-29(8,9)27(4,5)33)38-30(10,11)28(6,7)34/h12-18,33-36H,1-11H3. The lowest BCUT2D eigenvalue weighted by Crippen LogP contribution is -2.59. The third kappa shape index (κ3) is 5.81. The van der Waals surface area contributed by atoms with Crippen molar-refractivity contribution in [3.05, 3.63) is 48.0 Å². The molecule has 0 aliphatic carbocycles. The molecule has 0 bridgehead atoms. The van der Waals surface area contributed by atoms with Crippen molar-refractivity contribution in [3.63, 3.8) is 0 Å². The molecule has 0 heterocycles. The van der Waals surface area contributed by atoms with E-state index in [4.69, 9.17) is 9.31 Å². The molecule has 206 valence electrons. The van der Waals surface area contributed by atoms with E-state index < -0.39 is 36.6 Å². The predicted molar refractivity (Wildman–Crippen MR) is 158 cm³/mol. The van der Waals surface area contributed by atoms with Crippen molar-refractivity contribution in [1.82, 2.24) is 0 Å². The maximum atomic E-state index is 11.0. The Bertz CT molecular complexity index is 1280. The van der Waals surface area contributed by atoms with E-state index in [0.29, 0.717) is 21.7 Å². The van der Waals surface area contributed by atoms with Crippen LogP contribution in [0.2, 0.25) is 0 Å². The summed E-state index contributed by atoms with van der Waals surface area (Å²) in [5, 5.41) is 45.8. The smallest absolute Gasteiger partial charge is 0.423 e. The Morgan fingerprint density at radius 1 is 0.579 bits per heavy atom. The average Bonchev–Trinajstić information content (AvgIpc) is 2.73. The molecular weight excluding hydrogens is 478 g/mol. The molecule has 0 fully saturated rings. The fourth-order valence-electron chi connectivity index (χ4n) is 4.21. The monoisotopic (exact) mass is 522 g/mol. The molecule has 0 aromatic heterocycles. The van der Waals surface area contributed by atoms with Gasteiger partial charge in [-0.3, -0.25) is 0 Å². The van der Waals surface area contributed by atoms with Gasteiger partial charge in [-0.2, -0.15) is 0 Å². The van der Waals surface area contributed by atoms with E-state index in [-0.39, 0.29) is 5.41 Å². The molecule has 6 nitrogen and oxygen atoms in total. The minimum absolute atomic E-state index is 0.176. The molecule has 0 radical (unpaired) electrons. The summed E-state index contributed by atoms with van der Waals surface area (Å²) in [4.78, 5) is 0. The highest BCUT2D eigenvalue weighted by atomic mass is 16.6. The van der Waals surface area contributed by atoms with Crippen molar-refractivity contribution in [2.75, 3.05) is 0 Å². The van der Waals surface area contributed by atoms with Gasteiger partial charge in [0, 0.05) is 0 Å². The van der Waals surface area contributed by atoms with Gasteiger partial charge in [-0.1, -0.05) is 63.2 Å². The van der Waals surface area contributed by atoms with Crippen LogP contribution in [0.1, 0.15) is 81.7 Å². The van der Waals surface area contributed by atoms with Gasteiger partial charge in [0.2, 0.25) is 0 Å². The van der Waals surface area contributed by atoms with E-state index in [2.05, 4.69) is 26.8 Å². The fourth-order valence-corrected chi connectivity index (χ4v) is 4.21. The molecule has 3 aromatic carbocycles. The van der Waals surface area contributed by atoms with E-state index in [1.807, 2.05) is 36.4 Å². The maximum Gasteiger partial charge on any atom is 0.496 e. The average molecular weight is 522 g/mol. The minimum atomic E-state index is -1.70. The van der Waals surface area contributed by atoms with Crippen molar-refractivity contribution in [2.24, 2.45) is 0 Å². The molecular formula is C30H44B2O6. The molecule has 0 saturated carbocycles. The zero-order valence-corrected chi connectivity index (χ0v) is 24.8. The lowest BCUT2D eigenvalue weighted by Gasteiger charge is -2.44. The quantitative estimate of drug-likeness (QED) is 0.266. The van der Waals surface area contributed by atoms with Crippen LogP contribution in [0.15, 0.2) is 42.5 Å². The van der Waals surface area contributed by atoms with Gasteiger partial charge in [0.05, 0.1) is 22.4 Å². The van der Waals surface area contributed by atoms with Crippen LogP contribution in [0.5, 0.6) is 0 Å². The van der Waals surface area contributed by atoms with Crippen LogP contribution >= 0.6 is 0 Å². The van der Waals surface area contributed by atoms with Crippen LogP contribution in [0, 0.1) is 0 Å².